The monoisotopic (exact) mass is 380 g/mol. The molecule has 0 bridgehead atoms. The van der Waals surface area contributed by atoms with Gasteiger partial charge in [0.2, 0.25) is 5.91 Å². The van der Waals surface area contributed by atoms with Gasteiger partial charge in [-0.25, -0.2) is 0 Å². The summed E-state index contributed by atoms with van der Waals surface area (Å²) in [6.45, 7) is 5.14. The highest BCUT2D eigenvalue weighted by Crippen LogP contribution is 2.24. The van der Waals surface area contributed by atoms with Crippen LogP contribution < -0.4 is 5.73 Å². The number of benzene rings is 2. The lowest BCUT2D eigenvalue weighted by atomic mass is 10.1. The van der Waals surface area contributed by atoms with Gasteiger partial charge in [0.25, 0.3) is 0 Å². The molecular weight excluding hydrogens is 356 g/mol. The van der Waals surface area contributed by atoms with E-state index in [1.54, 1.807) is 23.9 Å². The van der Waals surface area contributed by atoms with E-state index in [-0.39, 0.29) is 0 Å². The van der Waals surface area contributed by atoms with Crippen molar-refractivity contribution in [1.29, 1.82) is 0 Å². The topological polar surface area (TPSA) is 73.8 Å². The van der Waals surface area contributed by atoms with Gasteiger partial charge >= 0.3 is 0 Å². The summed E-state index contributed by atoms with van der Waals surface area (Å²) in [6, 6.07) is 17.8. The summed E-state index contributed by atoms with van der Waals surface area (Å²) in [6.07, 6.45) is 0.897. The number of carbonyl (C=O) groups excluding carboxylic acids is 1. The number of nitrogens with zero attached hydrogens (tertiary/aromatic N) is 3. The van der Waals surface area contributed by atoms with Crippen LogP contribution in [0.3, 0.4) is 0 Å². The molecule has 0 aliphatic carbocycles. The molecule has 2 aromatic carbocycles. The Labute approximate surface area is 164 Å². The van der Waals surface area contributed by atoms with E-state index in [0.29, 0.717) is 11.5 Å². The Morgan fingerprint density at radius 1 is 1.04 bits per heavy atom. The van der Waals surface area contributed by atoms with Gasteiger partial charge in [-0.05, 0) is 29.2 Å². The zero-order chi connectivity index (χ0) is 19.2. The number of thioether (sulfide) groups is 1. The number of primary amides is 1. The Morgan fingerprint density at radius 3 is 2.37 bits per heavy atom. The van der Waals surface area contributed by atoms with Crippen LogP contribution in [0, 0.1) is 5.92 Å². The molecule has 1 heterocycles. The first-order valence-corrected chi connectivity index (χ1v) is 9.99. The lowest BCUT2D eigenvalue weighted by Gasteiger charge is -2.11. The fraction of sp³-hybridized carbons (Fsp3) is 0.286. The number of hydrogen-bond donors (Lipinski definition) is 1. The first-order valence-electron chi connectivity index (χ1n) is 9.00. The van der Waals surface area contributed by atoms with Gasteiger partial charge in [0.1, 0.15) is 5.82 Å². The average molecular weight is 381 g/mol. The van der Waals surface area contributed by atoms with Crippen LogP contribution in [-0.2, 0) is 18.7 Å². The lowest BCUT2D eigenvalue weighted by Crippen LogP contribution is -2.10. The average Bonchev–Trinajstić information content (AvgIpc) is 3.02. The van der Waals surface area contributed by atoms with Gasteiger partial charge in [-0.2, -0.15) is 0 Å². The minimum atomic E-state index is -0.407. The molecule has 140 valence electrons. The third kappa shape index (κ3) is 5.20. The van der Waals surface area contributed by atoms with Crippen molar-refractivity contribution < 1.29 is 4.79 Å². The van der Waals surface area contributed by atoms with E-state index < -0.39 is 5.91 Å². The first kappa shape index (κ1) is 19.2. The maximum absolute atomic E-state index is 11.2. The normalized spacial score (nSPS) is 11.1. The summed E-state index contributed by atoms with van der Waals surface area (Å²) in [5.74, 6) is 1.88. The van der Waals surface area contributed by atoms with Crippen LogP contribution in [0.15, 0.2) is 59.8 Å². The maximum Gasteiger partial charge on any atom is 0.248 e. The van der Waals surface area contributed by atoms with Crippen LogP contribution in [0.5, 0.6) is 0 Å². The quantitative estimate of drug-likeness (QED) is 0.601. The predicted molar refractivity (Wildman–Crippen MR) is 109 cm³/mol. The molecule has 0 radical (unpaired) electrons. The fourth-order valence-corrected chi connectivity index (χ4v) is 3.69. The fourth-order valence-electron chi connectivity index (χ4n) is 2.78. The van der Waals surface area contributed by atoms with Crippen molar-refractivity contribution in [1.82, 2.24) is 14.8 Å². The summed E-state index contributed by atoms with van der Waals surface area (Å²) in [7, 11) is 0. The first-order chi connectivity index (χ1) is 13.0. The molecule has 1 amide bonds. The molecule has 0 saturated heterocycles. The van der Waals surface area contributed by atoms with Crippen LogP contribution in [0.25, 0.3) is 0 Å². The van der Waals surface area contributed by atoms with Crippen LogP contribution in [0.1, 0.15) is 41.2 Å². The maximum atomic E-state index is 11.2. The van der Waals surface area contributed by atoms with E-state index in [1.165, 1.54) is 5.56 Å². The van der Waals surface area contributed by atoms with Crippen molar-refractivity contribution in [3.05, 3.63) is 77.1 Å². The van der Waals surface area contributed by atoms with Gasteiger partial charge in [-0.3, -0.25) is 4.79 Å². The van der Waals surface area contributed by atoms with Gasteiger partial charge in [-0.15, -0.1) is 10.2 Å². The number of nitrogens with two attached hydrogens (primary N) is 1. The highest BCUT2D eigenvalue weighted by molar-refractivity contribution is 7.98. The minimum Gasteiger partial charge on any atom is -0.366 e. The largest absolute Gasteiger partial charge is 0.366 e. The van der Waals surface area contributed by atoms with Gasteiger partial charge in [0.05, 0.1) is 6.54 Å². The molecule has 0 aliphatic rings. The van der Waals surface area contributed by atoms with Gasteiger partial charge in [0, 0.05) is 17.7 Å². The van der Waals surface area contributed by atoms with Crippen LogP contribution in [0.4, 0.5) is 0 Å². The highest BCUT2D eigenvalue weighted by Gasteiger charge is 2.14. The van der Waals surface area contributed by atoms with E-state index in [4.69, 9.17) is 5.73 Å². The second-order valence-corrected chi connectivity index (χ2v) is 7.86. The lowest BCUT2D eigenvalue weighted by molar-refractivity contribution is 0.100. The van der Waals surface area contributed by atoms with E-state index in [9.17, 15) is 4.79 Å². The smallest absolute Gasteiger partial charge is 0.248 e. The molecule has 6 heteroatoms. The third-order valence-electron chi connectivity index (χ3n) is 4.17. The SMILES string of the molecule is CC(C)Cc1nnc(SCc2ccc(C(N)=O)cc2)n1Cc1ccccc1. The molecule has 0 spiro atoms. The Kier molecular flexibility index (Phi) is 6.29. The summed E-state index contributed by atoms with van der Waals surface area (Å²) in [4.78, 5) is 11.2. The summed E-state index contributed by atoms with van der Waals surface area (Å²) in [5.41, 5.74) is 8.17. The van der Waals surface area contributed by atoms with Crippen LogP contribution in [-0.4, -0.2) is 20.7 Å². The summed E-state index contributed by atoms with van der Waals surface area (Å²) < 4.78 is 2.21. The Morgan fingerprint density at radius 2 is 1.74 bits per heavy atom. The molecule has 0 atom stereocenters. The van der Waals surface area contributed by atoms with E-state index in [1.807, 2.05) is 18.2 Å². The van der Waals surface area contributed by atoms with Gasteiger partial charge in [0.15, 0.2) is 5.16 Å². The molecule has 5 nitrogen and oxygen atoms in total. The van der Waals surface area contributed by atoms with Crippen LogP contribution >= 0.6 is 11.8 Å². The van der Waals surface area contributed by atoms with Crippen molar-refractivity contribution in [2.75, 3.05) is 0 Å². The highest BCUT2D eigenvalue weighted by atomic mass is 32.2. The second kappa shape index (κ2) is 8.86. The molecular formula is C21H24N4OS. The third-order valence-corrected chi connectivity index (χ3v) is 5.21. The van der Waals surface area contributed by atoms with Crippen molar-refractivity contribution in [2.45, 2.75) is 37.7 Å². The molecule has 3 rings (SSSR count). The predicted octanol–water partition coefficient (Wildman–Crippen LogP) is 3.92. The molecule has 3 aromatic rings. The number of hydrogen-bond acceptors (Lipinski definition) is 4. The summed E-state index contributed by atoms with van der Waals surface area (Å²) in [5, 5.41) is 9.77. The summed E-state index contributed by atoms with van der Waals surface area (Å²) >= 11 is 1.65. The van der Waals surface area contributed by atoms with E-state index >= 15 is 0 Å². The second-order valence-electron chi connectivity index (χ2n) is 6.92. The van der Waals surface area contributed by atoms with Crippen LogP contribution in [0.2, 0.25) is 0 Å². The minimum absolute atomic E-state index is 0.407. The molecule has 27 heavy (non-hydrogen) atoms. The van der Waals surface area contributed by atoms with E-state index in [0.717, 1.165) is 35.3 Å². The number of amides is 1. The molecule has 0 aliphatic heterocycles. The Hall–Kier alpha value is -2.60. The van der Waals surface area contributed by atoms with E-state index in [2.05, 4.69) is 52.9 Å². The zero-order valence-corrected chi connectivity index (χ0v) is 16.4. The Bertz CT molecular complexity index is 888. The molecule has 0 unspecified atom stereocenters. The molecule has 0 saturated carbocycles. The van der Waals surface area contributed by atoms with Crippen molar-refractivity contribution in [2.24, 2.45) is 11.7 Å². The van der Waals surface area contributed by atoms with Gasteiger partial charge < -0.3 is 10.3 Å². The van der Waals surface area contributed by atoms with Gasteiger partial charge in [-0.1, -0.05) is 68.1 Å². The zero-order valence-electron chi connectivity index (χ0n) is 15.6. The molecule has 2 N–H and O–H groups in total. The van der Waals surface area contributed by atoms with Crippen molar-refractivity contribution in [3.63, 3.8) is 0 Å². The number of carbonyl (C=O) groups is 1. The standard InChI is InChI=1S/C21H24N4OS/c1-15(2)12-19-23-24-21(25(19)13-16-6-4-3-5-7-16)27-14-17-8-10-18(11-9-17)20(22)26/h3-11,15H,12-14H2,1-2H3,(H2,22,26). The van der Waals surface area contributed by atoms with Crippen molar-refractivity contribution >= 4 is 17.7 Å². The molecule has 0 fully saturated rings. The number of rotatable bonds is 8. The Balaban J connectivity index is 1.77. The molecule has 1 aromatic heterocycles. The number of aromatic nitrogens is 3. The van der Waals surface area contributed by atoms with Crippen molar-refractivity contribution in [3.8, 4) is 0 Å².